The van der Waals surface area contributed by atoms with Crippen molar-refractivity contribution in [3.05, 3.63) is 0 Å². The zero-order chi connectivity index (χ0) is 13.0. The predicted molar refractivity (Wildman–Crippen MR) is 73.5 cm³/mol. The van der Waals surface area contributed by atoms with Crippen molar-refractivity contribution in [1.82, 2.24) is 15.1 Å². The van der Waals surface area contributed by atoms with Crippen molar-refractivity contribution in [1.29, 1.82) is 0 Å². The molecular formula is C14H27N3O. The van der Waals surface area contributed by atoms with Gasteiger partial charge in [0, 0.05) is 26.2 Å². The maximum absolute atomic E-state index is 12.3. The third kappa shape index (κ3) is 3.04. The normalized spacial score (nSPS) is 27.8. The summed E-state index contributed by atoms with van der Waals surface area (Å²) in [7, 11) is 0. The van der Waals surface area contributed by atoms with Crippen LogP contribution in [0, 0.1) is 5.92 Å². The van der Waals surface area contributed by atoms with Crippen LogP contribution in [0.5, 0.6) is 0 Å². The lowest BCUT2D eigenvalue weighted by Gasteiger charge is -2.42. The number of carbonyl (C=O) groups excluding carboxylic acids is 1. The van der Waals surface area contributed by atoms with Crippen LogP contribution in [0.2, 0.25) is 0 Å². The van der Waals surface area contributed by atoms with Crippen LogP contribution in [0.4, 0.5) is 0 Å². The van der Waals surface area contributed by atoms with Crippen molar-refractivity contribution < 1.29 is 4.79 Å². The van der Waals surface area contributed by atoms with Gasteiger partial charge in [-0.25, -0.2) is 0 Å². The molecule has 4 nitrogen and oxygen atoms in total. The minimum Gasteiger partial charge on any atom is -0.340 e. The van der Waals surface area contributed by atoms with Crippen LogP contribution < -0.4 is 5.32 Å². The number of carbonyl (C=O) groups is 1. The van der Waals surface area contributed by atoms with Gasteiger partial charge in [-0.1, -0.05) is 6.92 Å². The Kier molecular flexibility index (Phi) is 5.01. The molecule has 0 aromatic carbocycles. The Hall–Kier alpha value is -0.610. The molecule has 1 unspecified atom stereocenters. The summed E-state index contributed by atoms with van der Waals surface area (Å²) in [5.41, 5.74) is 0. The maximum Gasteiger partial charge on any atom is 0.239 e. The summed E-state index contributed by atoms with van der Waals surface area (Å²) in [4.78, 5) is 16.8. The summed E-state index contributed by atoms with van der Waals surface area (Å²) in [6.07, 6.45) is 3.47. The second kappa shape index (κ2) is 6.53. The summed E-state index contributed by atoms with van der Waals surface area (Å²) < 4.78 is 0. The zero-order valence-corrected chi connectivity index (χ0v) is 11.8. The summed E-state index contributed by atoms with van der Waals surface area (Å²) in [5, 5.41) is 3.41. The molecule has 2 aliphatic rings. The molecule has 4 heteroatoms. The highest BCUT2D eigenvalue weighted by Gasteiger charge is 2.33. The molecule has 1 atom stereocenters. The quantitative estimate of drug-likeness (QED) is 0.809. The SMILES string of the molecule is CCC1C(=O)N(CC)CCN1CC1CCNCC1. The molecular weight excluding hydrogens is 226 g/mol. The van der Waals surface area contributed by atoms with E-state index in [0.29, 0.717) is 5.91 Å². The molecule has 2 fully saturated rings. The van der Waals surface area contributed by atoms with E-state index >= 15 is 0 Å². The van der Waals surface area contributed by atoms with Crippen LogP contribution in [-0.4, -0.2) is 61.0 Å². The first-order chi connectivity index (χ1) is 8.76. The van der Waals surface area contributed by atoms with Gasteiger partial charge in [-0.2, -0.15) is 0 Å². The molecule has 1 amide bonds. The minimum absolute atomic E-state index is 0.133. The molecule has 0 bridgehead atoms. The fourth-order valence-corrected chi connectivity index (χ4v) is 3.24. The first-order valence-electron chi connectivity index (χ1n) is 7.49. The van der Waals surface area contributed by atoms with E-state index in [0.717, 1.165) is 51.6 Å². The molecule has 0 saturated carbocycles. The lowest BCUT2D eigenvalue weighted by atomic mass is 9.95. The first-order valence-corrected chi connectivity index (χ1v) is 7.49. The van der Waals surface area contributed by atoms with Crippen LogP contribution in [0.3, 0.4) is 0 Å². The van der Waals surface area contributed by atoms with E-state index < -0.39 is 0 Å². The first kappa shape index (κ1) is 13.8. The predicted octanol–water partition coefficient (Wildman–Crippen LogP) is 0.929. The van der Waals surface area contributed by atoms with Gasteiger partial charge in [0.05, 0.1) is 6.04 Å². The van der Waals surface area contributed by atoms with Gasteiger partial charge in [-0.05, 0) is 45.2 Å². The van der Waals surface area contributed by atoms with E-state index in [1.165, 1.54) is 12.8 Å². The molecule has 2 heterocycles. The molecule has 2 rings (SSSR count). The third-order valence-corrected chi connectivity index (χ3v) is 4.41. The van der Waals surface area contributed by atoms with E-state index in [1.807, 2.05) is 4.90 Å². The number of hydrogen-bond donors (Lipinski definition) is 1. The average molecular weight is 253 g/mol. The molecule has 0 aromatic rings. The molecule has 0 spiro atoms. The molecule has 0 aliphatic carbocycles. The van der Waals surface area contributed by atoms with Crippen LogP contribution in [0.25, 0.3) is 0 Å². The second-order valence-corrected chi connectivity index (χ2v) is 5.53. The monoisotopic (exact) mass is 253 g/mol. The van der Waals surface area contributed by atoms with Gasteiger partial charge in [0.2, 0.25) is 5.91 Å². The number of hydrogen-bond acceptors (Lipinski definition) is 3. The van der Waals surface area contributed by atoms with Crippen LogP contribution in [0.15, 0.2) is 0 Å². The van der Waals surface area contributed by atoms with Gasteiger partial charge in [0.15, 0.2) is 0 Å². The van der Waals surface area contributed by atoms with E-state index in [4.69, 9.17) is 0 Å². The number of piperidine rings is 1. The van der Waals surface area contributed by atoms with Crippen molar-refractivity contribution in [3.63, 3.8) is 0 Å². The highest BCUT2D eigenvalue weighted by molar-refractivity contribution is 5.82. The number of nitrogens with one attached hydrogen (secondary N) is 1. The number of rotatable bonds is 4. The maximum atomic E-state index is 12.3. The Balaban J connectivity index is 1.92. The van der Waals surface area contributed by atoms with Crippen molar-refractivity contribution in [2.75, 3.05) is 39.3 Å². The largest absolute Gasteiger partial charge is 0.340 e. The molecule has 0 aromatic heterocycles. The van der Waals surface area contributed by atoms with Gasteiger partial charge in [-0.3, -0.25) is 9.69 Å². The number of likely N-dealkylation sites (N-methyl/N-ethyl adjacent to an activating group) is 1. The number of nitrogens with zero attached hydrogens (tertiary/aromatic N) is 2. The Morgan fingerprint density at radius 1 is 1.22 bits per heavy atom. The van der Waals surface area contributed by atoms with Gasteiger partial charge in [0.1, 0.15) is 0 Å². The fourth-order valence-electron chi connectivity index (χ4n) is 3.24. The summed E-state index contributed by atoms with van der Waals surface area (Å²) in [5.74, 6) is 1.13. The van der Waals surface area contributed by atoms with E-state index in [9.17, 15) is 4.79 Å². The number of amides is 1. The third-order valence-electron chi connectivity index (χ3n) is 4.41. The Morgan fingerprint density at radius 2 is 1.94 bits per heavy atom. The van der Waals surface area contributed by atoms with Crippen molar-refractivity contribution in [2.24, 2.45) is 5.92 Å². The van der Waals surface area contributed by atoms with E-state index in [1.54, 1.807) is 0 Å². The van der Waals surface area contributed by atoms with E-state index in [-0.39, 0.29) is 6.04 Å². The Labute approximate surface area is 111 Å². The number of piperazine rings is 1. The van der Waals surface area contributed by atoms with Gasteiger partial charge >= 0.3 is 0 Å². The van der Waals surface area contributed by atoms with Crippen LogP contribution in [0.1, 0.15) is 33.1 Å². The Bertz CT molecular complexity index is 276. The lowest BCUT2D eigenvalue weighted by Crippen LogP contribution is -2.57. The standard InChI is InChI=1S/C14H27N3O/c1-3-13-14(18)16(4-2)9-10-17(13)11-12-5-7-15-8-6-12/h12-13,15H,3-11H2,1-2H3. The van der Waals surface area contributed by atoms with Crippen molar-refractivity contribution >= 4 is 5.91 Å². The van der Waals surface area contributed by atoms with Crippen LogP contribution in [-0.2, 0) is 4.79 Å². The molecule has 2 aliphatic heterocycles. The van der Waals surface area contributed by atoms with Crippen LogP contribution >= 0.6 is 0 Å². The molecule has 2 saturated heterocycles. The molecule has 1 N–H and O–H groups in total. The average Bonchev–Trinajstić information content (AvgIpc) is 2.40. The van der Waals surface area contributed by atoms with Gasteiger partial charge in [-0.15, -0.1) is 0 Å². The fraction of sp³-hybridized carbons (Fsp3) is 0.929. The topological polar surface area (TPSA) is 35.6 Å². The van der Waals surface area contributed by atoms with Crippen molar-refractivity contribution in [3.8, 4) is 0 Å². The van der Waals surface area contributed by atoms with Crippen molar-refractivity contribution in [2.45, 2.75) is 39.2 Å². The summed E-state index contributed by atoms with van der Waals surface area (Å²) >= 11 is 0. The highest BCUT2D eigenvalue weighted by atomic mass is 16.2. The zero-order valence-electron chi connectivity index (χ0n) is 11.8. The highest BCUT2D eigenvalue weighted by Crippen LogP contribution is 2.20. The molecule has 18 heavy (non-hydrogen) atoms. The second-order valence-electron chi connectivity index (χ2n) is 5.53. The summed E-state index contributed by atoms with van der Waals surface area (Å²) in [6.45, 7) is 10.4. The van der Waals surface area contributed by atoms with Gasteiger partial charge in [0.25, 0.3) is 0 Å². The smallest absolute Gasteiger partial charge is 0.239 e. The van der Waals surface area contributed by atoms with E-state index in [2.05, 4.69) is 24.1 Å². The molecule has 104 valence electrons. The Morgan fingerprint density at radius 3 is 2.56 bits per heavy atom. The lowest BCUT2D eigenvalue weighted by molar-refractivity contribution is -0.142. The van der Waals surface area contributed by atoms with Gasteiger partial charge < -0.3 is 10.2 Å². The minimum atomic E-state index is 0.133. The summed E-state index contributed by atoms with van der Waals surface area (Å²) in [6, 6.07) is 0.133. The molecule has 0 radical (unpaired) electrons.